The summed E-state index contributed by atoms with van der Waals surface area (Å²) in [6.07, 6.45) is 0. The zero-order valence-electron chi connectivity index (χ0n) is 11.6. The second-order valence-electron chi connectivity index (χ2n) is 4.29. The van der Waals surface area contributed by atoms with Crippen molar-refractivity contribution in [1.82, 2.24) is 9.97 Å². The molecule has 6 N–H and O–H groups in total. The lowest BCUT2D eigenvalue weighted by molar-refractivity contribution is 0.0998. The molecule has 0 aliphatic carbocycles. The quantitative estimate of drug-likeness (QED) is 0.539. The summed E-state index contributed by atoms with van der Waals surface area (Å²) in [6.45, 7) is 6.42. The number of carbonyl (C=O) groups excluding carboxylic acids is 1. The average Bonchev–Trinajstić information content (AvgIpc) is 2.32. The standard InChI is InChI=1S/C11H18ClN7O/c1-4-19(5(2)3)9-6(10(20)18-11(14)15)16-7(12)8(13)17-9/h5H,4H2,1-3H3,(H2,13,17)(H4,14,15,18,20). The van der Waals surface area contributed by atoms with Gasteiger partial charge >= 0.3 is 5.91 Å². The predicted octanol–water partition coefficient (Wildman–Crippen LogP) is 0.361. The summed E-state index contributed by atoms with van der Waals surface area (Å²) in [4.78, 5) is 25.4. The van der Waals surface area contributed by atoms with Crippen molar-refractivity contribution in [3.8, 4) is 0 Å². The third-order valence-electron chi connectivity index (χ3n) is 2.53. The van der Waals surface area contributed by atoms with Gasteiger partial charge in [-0.25, -0.2) is 9.97 Å². The van der Waals surface area contributed by atoms with Crippen LogP contribution >= 0.6 is 11.6 Å². The van der Waals surface area contributed by atoms with Crippen LogP contribution in [0.4, 0.5) is 11.6 Å². The first-order valence-electron chi connectivity index (χ1n) is 6.01. The highest BCUT2D eigenvalue weighted by Crippen LogP contribution is 2.24. The highest BCUT2D eigenvalue weighted by atomic mass is 35.5. The Morgan fingerprint density at radius 2 is 2.00 bits per heavy atom. The summed E-state index contributed by atoms with van der Waals surface area (Å²) in [5, 5.41) is -0.0669. The molecule has 8 nitrogen and oxygen atoms in total. The van der Waals surface area contributed by atoms with Crippen molar-refractivity contribution in [3.05, 3.63) is 10.8 Å². The van der Waals surface area contributed by atoms with Crippen LogP contribution in [0.3, 0.4) is 0 Å². The maximum atomic E-state index is 12.0. The van der Waals surface area contributed by atoms with Crippen molar-refractivity contribution in [2.75, 3.05) is 17.2 Å². The van der Waals surface area contributed by atoms with E-state index in [4.69, 9.17) is 28.8 Å². The Morgan fingerprint density at radius 1 is 1.40 bits per heavy atom. The van der Waals surface area contributed by atoms with Crippen LogP contribution in [-0.2, 0) is 0 Å². The summed E-state index contributed by atoms with van der Waals surface area (Å²) in [6, 6.07) is 0.0839. The molecule has 1 amide bonds. The molecule has 0 spiro atoms. The number of aliphatic imine (C=N–C) groups is 1. The number of aromatic nitrogens is 2. The van der Waals surface area contributed by atoms with Crippen LogP contribution in [0.2, 0.25) is 5.15 Å². The number of amides is 1. The molecule has 0 aliphatic rings. The van der Waals surface area contributed by atoms with E-state index in [1.165, 1.54) is 0 Å². The Labute approximate surface area is 122 Å². The molecule has 0 radical (unpaired) electrons. The van der Waals surface area contributed by atoms with Gasteiger partial charge < -0.3 is 22.1 Å². The largest absolute Gasteiger partial charge is 0.381 e. The number of halogens is 1. The molecule has 0 unspecified atom stereocenters. The first-order chi connectivity index (χ1) is 9.27. The SMILES string of the molecule is CCN(c1nc(N)c(Cl)nc1C(=O)N=C(N)N)C(C)C. The van der Waals surface area contributed by atoms with E-state index in [0.29, 0.717) is 12.4 Å². The first-order valence-corrected chi connectivity index (χ1v) is 6.39. The highest BCUT2D eigenvalue weighted by molar-refractivity contribution is 6.31. The second kappa shape index (κ2) is 6.38. The average molecular weight is 300 g/mol. The fourth-order valence-electron chi connectivity index (χ4n) is 1.69. The molecule has 0 saturated carbocycles. The minimum Gasteiger partial charge on any atom is -0.381 e. The van der Waals surface area contributed by atoms with Crippen molar-refractivity contribution in [2.24, 2.45) is 16.5 Å². The maximum Gasteiger partial charge on any atom is 0.302 e. The maximum absolute atomic E-state index is 12.0. The van der Waals surface area contributed by atoms with Gasteiger partial charge in [-0.2, -0.15) is 4.99 Å². The van der Waals surface area contributed by atoms with E-state index in [9.17, 15) is 4.79 Å². The zero-order valence-corrected chi connectivity index (χ0v) is 12.3. The fourth-order valence-corrected chi connectivity index (χ4v) is 1.82. The minimum atomic E-state index is -0.714. The number of anilines is 2. The molecule has 0 fully saturated rings. The zero-order chi connectivity index (χ0) is 15.4. The molecule has 1 rings (SSSR count). The van der Waals surface area contributed by atoms with Crippen LogP contribution in [0.1, 0.15) is 31.3 Å². The molecular formula is C11H18ClN7O. The molecule has 1 aromatic heterocycles. The van der Waals surface area contributed by atoms with Crippen molar-refractivity contribution in [3.63, 3.8) is 0 Å². The van der Waals surface area contributed by atoms with E-state index in [-0.39, 0.29) is 28.7 Å². The van der Waals surface area contributed by atoms with E-state index < -0.39 is 5.91 Å². The van der Waals surface area contributed by atoms with Gasteiger partial charge in [0.15, 0.2) is 28.4 Å². The summed E-state index contributed by atoms with van der Waals surface area (Å²) in [5.41, 5.74) is 16.0. The van der Waals surface area contributed by atoms with E-state index in [2.05, 4.69) is 15.0 Å². The lowest BCUT2D eigenvalue weighted by Gasteiger charge is -2.27. The van der Waals surface area contributed by atoms with Gasteiger partial charge in [0, 0.05) is 12.6 Å². The topological polar surface area (TPSA) is 137 Å². The fraction of sp³-hybridized carbons (Fsp3) is 0.455. The molecule has 1 aromatic rings. The Balaban J connectivity index is 3.45. The van der Waals surface area contributed by atoms with Crippen LogP contribution in [0.15, 0.2) is 4.99 Å². The number of hydrogen-bond donors (Lipinski definition) is 3. The third-order valence-corrected chi connectivity index (χ3v) is 2.81. The summed E-state index contributed by atoms with van der Waals surface area (Å²) in [5.74, 6) is -0.724. The number of guanidine groups is 1. The van der Waals surface area contributed by atoms with E-state index in [1.807, 2.05) is 25.7 Å². The van der Waals surface area contributed by atoms with Gasteiger partial charge in [0.2, 0.25) is 0 Å². The number of nitrogens with zero attached hydrogens (tertiary/aromatic N) is 4. The van der Waals surface area contributed by atoms with Crippen LogP contribution in [0.25, 0.3) is 0 Å². The molecule has 0 aromatic carbocycles. The van der Waals surface area contributed by atoms with Gasteiger partial charge in [0.05, 0.1) is 0 Å². The Bertz CT molecular complexity index is 540. The molecular weight excluding hydrogens is 282 g/mol. The van der Waals surface area contributed by atoms with Crippen molar-refractivity contribution in [1.29, 1.82) is 0 Å². The molecule has 20 heavy (non-hydrogen) atoms. The van der Waals surface area contributed by atoms with Crippen LogP contribution in [0.5, 0.6) is 0 Å². The molecule has 9 heteroatoms. The van der Waals surface area contributed by atoms with Gasteiger partial charge in [0.25, 0.3) is 0 Å². The van der Waals surface area contributed by atoms with Gasteiger partial charge in [-0.05, 0) is 20.8 Å². The van der Waals surface area contributed by atoms with E-state index >= 15 is 0 Å². The number of hydrogen-bond acceptors (Lipinski definition) is 5. The number of rotatable bonds is 4. The Morgan fingerprint density at radius 3 is 2.45 bits per heavy atom. The van der Waals surface area contributed by atoms with E-state index in [1.54, 1.807) is 0 Å². The molecule has 0 bridgehead atoms. The second-order valence-corrected chi connectivity index (χ2v) is 4.65. The van der Waals surface area contributed by atoms with Crippen LogP contribution in [0, 0.1) is 0 Å². The smallest absolute Gasteiger partial charge is 0.302 e. The number of nitrogen functional groups attached to an aromatic ring is 1. The third kappa shape index (κ3) is 3.47. The van der Waals surface area contributed by atoms with Crippen molar-refractivity contribution < 1.29 is 4.79 Å². The lowest BCUT2D eigenvalue weighted by Crippen LogP contribution is -2.33. The molecule has 0 saturated heterocycles. The predicted molar refractivity (Wildman–Crippen MR) is 79.8 cm³/mol. The molecule has 1 heterocycles. The molecule has 110 valence electrons. The number of nitrogens with two attached hydrogens (primary N) is 3. The molecule has 0 atom stereocenters. The van der Waals surface area contributed by atoms with Crippen LogP contribution < -0.4 is 22.1 Å². The summed E-state index contributed by atoms with van der Waals surface area (Å²) in [7, 11) is 0. The monoisotopic (exact) mass is 299 g/mol. The summed E-state index contributed by atoms with van der Waals surface area (Å²) < 4.78 is 0. The van der Waals surface area contributed by atoms with Gasteiger partial charge in [-0.15, -0.1) is 0 Å². The van der Waals surface area contributed by atoms with Crippen molar-refractivity contribution >= 4 is 35.1 Å². The van der Waals surface area contributed by atoms with Crippen molar-refractivity contribution in [2.45, 2.75) is 26.8 Å². The Kier molecular flexibility index (Phi) is 5.09. The Hall–Kier alpha value is -2.09. The highest BCUT2D eigenvalue weighted by Gasteiger charge is 2.23. The first kappa shape index (κ1) is 16.0. The normalized spacial score (nSPS) is 10.4. The van der Waals surface area contributed by atoms with E-state index in [0.717, 1.165) is 0 Å². The number of carbonyl (C=O) groups is 1. The van der Waals surface area contributed by atoms with Gasteiger partial charge in [0.1, 0.15) is 0 Å². The summed E-state index contributed by atoms with van der Waals surface area (Å²) >= 11 is 5.81. The lowest BCUT2D eigenvalue weighted by atomic mass is 10.2. The minimum absolute atomic E-state index is 0.0341. The van der Waals surface area contributed by atoms with Gasteiger partial charge in [-0.3, -0.25) is 4.79 Å². The molecule has 0 aliphatic heterocycles. The van der Waals surface area contributed by atoms with Crippen LogP contribution in [-0.4, -0.2) is 34.4 Å². The van der Waals surface area contributed by atoms with Gasteiger partial charge in [-0.1, -0.05) is 11.6 Å².